The van der Waals surface area contributed by atoms with Crippen LogP contribution in [0.5, 0.6) is 0 Å². The van der Waals surface area contributed by atoms with Crippen LogP contribution in [0.1, 0.15) is 23.7 Å². The molecule has 1 N–H and O–H groups in total. The maximum atomic E-state index is 9.21. The maximum Gasteiger partial charge on any atom is 0.137 e. The monoisotopic (exact) mass is 246 g/mol. The normalized spacial score (nSPS) is 12.5. The number of allylic oxidation sites excluding steroid dienone is 1. The average molecular weight is 247 g/mol. The third-order valence-corrected chi connectivity index (χ3v) is 2.62. The molecule has 1 atom stereocenters. The van der Waals surface area contributed by atoms with Crippen LogP contribution in [0.3, 0.4) is 0 Å². The number of nitrogens with zero attached hydrogens (tertiary/aromatic N) is 2. The molecular weight excluding hydrogens is 235 g/mol. The van der Waals surface area contributed by atoms with E-state index in [1.807, 2.05) is 0 Å². The summed E-state index contributed by atoms with van der Waals surface area (Å²) in [6.45, 7) is 5.27. The van der Waals surface area contributed by atoms with Crippen molar-refractivity contribution < 1.29 is 5.11 Å². The Kier molecular flexibility index (Phi) is 4.51. The number of halogens is 2. The first-order chi connectivity index (χ1) is 7.10. The van der Waals surface area contributed by atoms with E-state index >= 15 is 0 Å². The molecule has 0 aliphatic rings. The molecule has 15 heavy (non-hydrogen) atoms. The fourth-order valence-electron chi connectivity index (χ4n) is 1.34. The van der Waals surface area contributed by atoms with Crippen LogP contribution in [0, 0.1) is 6.92 Å². The second-order valence-corrected chi connectivity index (χ2v) is 3.89. The third kappa shape index (κ3) is 2.91. The molecular formula is C10H12Cl2N2O. The predicted octanol–water partition coefficient (Wildman–Crippen LogP) is 2.74. The van der Waals surface area contributed by atoms with Crippen LogP contribution in [0.25, 0.3) is 0 Å². The van der Waals surface area contributed by atoms with E-state index in [4.69, 9.17) is 23.2 Å². The van der Waals surface area contributed by atoms with Gasteiger partial charge in [-0.2, -0.15) is 0 Å². The van der Waals surface area contributed by atoms with Crippen LogP contribution in [0.4, 0.5) is 0 Å². The summed E-state index contributed by atoms with van der Waals surface area (Å²) in [5.41, 5.74) is 0.589. The highest BCUT2D eigenvalue weighted by atomic mass is 35.5. The van der Waals surface area contributed by atoms with Crippen LogP contribution in [-0.2, 0) is 0 Å². The molecule has 0 saturated heterocycles. The molecule has 0 aliphatic carbocycles. The van der Waals surface area contributed by atoms with E-state index in [1.54, 1.807) is 13.0 Å². The van der Waals surface area contributed by atoms with Gasteiger partial charge in [-0.05, 0) is 13.3 Å². The van der Waals surface area contributed by atoms with Crippen molar-refractivity contribution in [1.29, 1.82) is 0 Å². The molecule has 0 amide bonds. The zero-order valence-electron chi connectivity index (χ0n) is 8.37. The van der Waals surface area contributed by atoms with Gasteiger partial charge in [0.25, 0.3) is 0 Å². The Morgan fingerprint density at radius 1 is 1.40 bits per heavy atom. The highest BCUT2D eigenvalue weighted by Crippen LogP contribution is 2.31. The second kappa shape index (κ2) is 5.45. The van der Waals surface area contributed by atoms with Gasteiger partial charge in [0.05, 0.1) is 6.61 Å². The van der Waals surface area contributed by atoms with Gasteiger partial charge in [0, 0.05) is 11.5 Å². The van der Waals surface area contributed by atoms with E-state index < -0.39 is 0 Å². The number of hydrogen-bond acceptors (Lipinski definition) is 3. The molecule has 1 aromatic heterocycles. The van der Waals surface area contributed by atoms with Gasteiger partial charge in [-0.1, -0.05) is 29.3 Å². The molecule has 1 heterocycles. The van der Waals surface area contributed by atoms with Crippen LogP contribution in [0.15, 0.2) is 12.7 Å². The molecule has 0 saturated carbocycles. The molecule has 5 heteroatoms. The number of aliphatic hydroxyl groups is 1. The number of aliphatic hydroxyl groups excluding tert-OH is 1. The van der Waals surface area contributed by atoms with E-state index in [-0.39, 0.29) is 12.5 Å². The highest BCUT2D eigenvalue weighted by molar-refractivity contribution is 6.34. The molecule has 0 fully saturated rings. The minimum Gasteiger partial charge on any atom is -0.396 e. The van der Waals surface area contributed by atoms with Crippen LogP contribution in [-0.4, -0.2) is 21.7 Å². The van der Waals surface area contributed by atoms with Gasteiger partial charge in [0.15, 0.2) is 0 Å². The number of rotatable bonds is 4. The van der Waals surface area contributed by atoms with Crippen molar-refractivity contribution in [3.05, 3.63) is 34.3 Å². The van der Waals surface area contributed by atoms with Gasteiger partial charge < -0.3 is 5.11 Å². The Hall–Kier alpha value is -0.640. The molecule has 0 spiro atoms. The van der Waals surface area contributed by atoms with E-state index in [0.29, 0.717) is 28.1 Å². The fourth-order valence-corrected chi connectivity index (χ4v) is 2.12. The Labute approximate surface area is 98.8 Å². The van der Waals surface area contributed by atoms with Crippen molar-refractivity contribution >= 4 is 23.2 Å². The van der Waals surface area contributed by atoms with E-state index in [0.717, 1.165) is 0 Å². The van der Waals surface area contributed by atoms with Crippen molar-refractivity contribution in [3.8, 4) is 0 Å². The summed E-state index contributed by atoms with van der Waals surface area (Å²) < 4.78 is 0. The topological polar surface area (TPSA) is 46.0 Å². The molecule has 1 aromatic rings. The summed E-state index contributed by atoms with van der Waals surface area (Å²) in [7, 11) is 0. The Morgan fingerprint density at radius 2 is 1.93 bits per heavy atom. The lowest BCUT2D eigenvalue weighted by molar-refractivity contribution is 0.265. The summed E-state index contributed by atoms with van der Waals surface area (Å²) in [6.07, 6.45) is 2.29. The van der Waals surface area contributed by atoms with Crippen molar-refractivity contribution in [2.75, 3.05) is 6.61 Å². The third-order valence-electron chi connectivity index (χ3n) is 2.04. The first-order valence-corrected chi connectivity index (χ1v) is 5.27. The Bertz CT molecular complexity index is 345. The van der Waals surface area contributed by atoms with Crippen molar-refractivity contribution in [2.45, 2.75) is 19.3 Å². The standard InChI is InChI=1S/C10H12Cl2N2O/c1-3-4-7(5-15)8-9(11)13-6(2)14-10(8)12/h3,7,15H,1,4-5H2,2H3. The highest BCUT2D eigenvalue weighted by Gasteiger charge is 2.18. The molecule has 1 unspecified atom stereocenters. The zero-order valence-corrected chi connectivity index (χ0v) is 9.89. The summed E-state index contributed by atoms with van der Waals surface area (Å²) in [4.78, 5) is 8.02. The fraction of sp³-hybridized carbons (Fsp3) is 0.400. The largest absolute Gasteiger partial charge is 0.396 e. The van der Waals surface area contributed by atoms with E-state index in [9.17, 15) is 5.11 Å². The average Bonchev–Trinajstić information content (AvgIpc) is 2.14. The van der Waals surface area contributed by atoms with E-state index in [1.165, 1.54) is 0 Å². The number of aryl methyl sites for hydroxylation is 1. The summed E-state index contributed by atoms with van der Waals surface area (Å²) in [5, 5.41) is 9.81. The van der Waals surface area contributed by atoms with Gasteiger partial charge >= 0.3 is 0 Å². The van der Waals surface area contributed by atoms with Gasteiger partial charge in [-0.25, -0.2) is 9.97 Å². The molecule has 82 valence electrons. The van der Waals surface area contributed by atoms with Crippen LogP contribution < -0.4 is 0 Å². The lowest BCUT2D eigenvalue weighted by Crippen LogP contribution is -2.07. The summed E-state index contributed by atoms with van der Waals surface area (Å²) in [6, 6.07) is 0. The maximum absolute atomic E-state index is 9.21. The van der Waals surface area contributed by atoms with Crippen LogP contribution >= 0.6 is 23.2 Å². The van der Waals surface area contributed by atoms with E-state index in [2.05, 4.69) is 16.5 Å². The zero-order chi connectivity index (χ0) is 11.4. The molecule has 0 aliphatic heterocycles. The van der Waals surface area contributed by atoms with Gasteiger partial charge in [0.1, 0.15) is 16.1 Å². The Morgan fingerprint density at radius 3 is 2.33 bits per heavy atom. The molecule has 0 bridgehead atoms. The quantitative estimate of drug-likeness (QED) is 0.657. The minimum absolute atomic E-state index is 0.0577. The minimum atomic E-state index is -0.192. The van der Waals surface area contributed by atoms with Gasteiger partial charge in [-0.3, -0.25) is 0 Å². The molecule has 0 aromatic carbocycles. The van der Waals surface area contributed by atoms with Gasteiger partial charge in [-0.15, -0.1) is 6.58 Å². The molecule has 3 nitrogen and oxygen atoms in total. The number of aromatic nitrogens is 2. The van der Waals surface area contributed by atoms with Crippen molar-refractivity contribution in [1.82, 2.24) is 9.97 Å². The Balaban J connectivity index is 3.16. The second-order valence-electron chi connectivity index (χ2n) is 3.17. The number of hydrogen-bond donors (Lipinski definition) is 1. The summed E-state index contributed by atoms with van der Waals surface area (Å²) >= 11 is 11.9. The first-order valence-electron chi connectivity index (χ1n) is 4.51. The lowest BCUT2D eigenvalue weighted by Gasteiger charge is -2.14. The SMILES string of the molecule is C=CCC(CO)c1c(Cl)nc(C)nc1Cl. The predicted molar refractivity (Wildman–Crippen MR) is 61.4 cm³/mol. The lowest BCUT2D eigenvalue weighted by atomic mass is 9.99. The molecule has 1 rings (SSSR count). The first kappa shape index (κ1) is 12.4. The molecule has 0 radical (unpaired) electrons. The summed E-state index contributed by atoms with van der Waals surface area (Å²) in [5.74, 6) is 0.326. The van der Waals surface area contributed by atoms with Gasteiger partial charge in [0.2, 0.25) is 0 Å². The van der Waals surface area contributed by atoms with Crippen LogP contribution in [0.2, 0.25) is 10.3 Å². The van der Waals surface area contributed by atoms with Crippen molar-refractivity contribution in [3.63, 3.8) is 0 Å². The van der Waals surface area contributed by atoms with Crippen molar-refractivity contribution in [2.24, 2.45) is 0 Å². The smallest absolute Gasteiger partial charge is 0.137 e.